The molecule has 1 fully saturated rings. The summed E-state index contributed by atoms with van der Waals surface area (Å²) < 4.78 is 5.61. The van der Waals surface area contributed by atoms with Gasteiger partial charge in [0.25, 0.3) is 0 Å². The SMILES string of the molecule is C[C@@H]1CN(C(=O)/C=C/c2ccccc2Cl)C[C@@H](C)O1. The number of hydrogen-bond donors (Lipinski definition) is 0. The van der Waals surface area contributed by atoms with Gasteiger partial charge in [0.05, 0.1) is 12.2 Å². The number of ether oxygens (including phenoxy) is 1. The molecule has 1 heterocycles. The predicted molar refractivity (Wildman–Crippen MR) is 77.1 cm³/mol. The van der Waals surface area contributed by atoms with Crippen molar-refractivity contribution in [1.29, 1.82) is 0 Å². The molecule has 0 N–H and O–H groups in total. The summed E-state index contributed by atoms with van der Waals surface area (Å²) in [7, 11) is 0. The third-order valence-corrected chi connectivity index (χ3v) is 3.39. The third-order valence-electron chi connectivity index (χ3n) is 3.04. The summed E-state index contributed by atoms with van der Waals surface area (Å²) >= 11 is 6.04. The van der Waals surface area contributed by atoms with E-state index in [1.807, 2.05) is 43.0 Å². The average Bonchev–Trinajstić information content (AvgIpc) is 2.36. The number of carbonyl (C=O) groups is 1. The highest BCUT2D eigenvalue weighted by Crippen LogP contribution is 2.17. The minimum Gasteiger partial charge on any atom is -0.372 e. The van der Waals surface area contributed by atoms with Crippen LogP contribution in [0, 0.1) is 0 Å². The molecule has 2 atom stereocenters. The smallest absolute Gasteiger partial charge is 0.246 e. The van der Waals surface area contributed by atoms with E-state index in [1.54, 1.807) is 12.2 Å². The summed E-state index contributed by atoms with van der Waals surface area (Å²) in [6, 6.07) is 7.46. The molecule has 1 amide bonds. The van der Waals surface area contributed by atoms with Crippen LogP contribution in [0.2, 0.25) is 5.02 Å². The quantitative estimate of drug-likeness (QED) is 0.779. The molecular weight excluding hydrogens is 262 g/mol. The van der Waals surface area contributed by atoms with E-state index < -0.39 is 0 Å². The van der Waals surface area contributed by atoms with Gasteiger partial charge in [0, 0.05) is 24.2 Å². The fourth-order valence-electron chi connectivity index (χ4n) is 2.23. The molecule has 0 aliphatic carbocycles. The van der Waals surface area contributed by atoms with Gasteiger partial charge in [-0.2, -0.15) is 0 Å². The Bertz CT molecular complexity index is 477. The van der Waals surface area contributed by atoms with Gasteiger partial charge >= 0.3 is 0 Å². The average molecular weight is 280 g/mol. The monoisotopic (exact) mass is 279 g/mol. The van der Waals surface area contributed by atoms with Crippen LogP contribution in [0.25, 0.3) is 6.08 Å². The van der Waals surface area contributed by atoms with Crippen LogP contribution in [-0.4, -0.2) is 36.1 Å². The van der Waals surface area contributed by atoms with E-state index in [4.69, 9.17) is 16.3 Å². The van der Waals surface area contributed by atoms with Crippen LogP contribution in [-0.2, 0) is 9.53 Å². The van der Waals surface area contributed by atoms with E-state index in [-0.39, 0.29) is 18.1 Å². The molecule has 0 unspecified atom stereocenters. The van der Waals surface area contributed by atoms with Crippen molar-refractivity contribution in [1.82, 2.24) is 4.90 Å². The van der Waals surface area contributed by atoms with Crippen LogP contribution >= 0.6 is 11.6 Å². The van der Waals surface area contributed by atoms with Gasteiger partial charge in [-0.15, -0.1) is 0 Å². The van der Waals surface area contributed by atoms with Gasteiger partial charge in [0.1, 0.15) is 0 Å². The Labute approximate surface area is 118 Å². The van der Waals surface area contributed by atoms with Gasteiger partial charge < -0.3 is 9.64 Å². The van der Waals surface area contributed by atoms with E-state index in [0.717, 1.165) is 5.56 Å². The Morgan fingerprint density at radius 3 is 2.58 bits per heavy atom. The van der Waals surface area contributed by atoms with E-state index in [0.29, 0.717) is 18.1 Å². The molecule has 1 aliphatic heterocycles. The summed E-state index contributed by atoms with van der Waals surface area (Å²) in [4.78, 5) is 13.9. The summed E-state index contributed by atoms with van der Waals surface area (Å²) in [5.74, 6) is 0.00178. The zero-order valence-electron chi connectivity index (χ0n) is 11.2. The Balaban J connectivity index is 2.03. The lowest BCUT2D eigenvalue weighted by molar-refractivity contribution is -0.137. The highest BCUT2D eigenvalue weighted by molar-refractivity contribution is 6.32. The third kappa shape index (κ3) is 3.82. The van der Waals surface area contributed by atoms with Gasteiger partial charge in [-0.1, -0.05) is 29.8 Å². The highest BCUT2D eigenvalue weighted by Gasteiger charge is 2.24. The number of morpholine rings is 1. The molecule has 1 aliphatic rings. The number of carbonyl (C=O) groups excluding carboxylic acids is 1. The standard InChI is InChI=1S/C15H18ClNO2/c1-11-9-17(10-12(2)19-11)15(18)8-7-13-5-3-4-6-14(13)16/h3-8,11-12H,9-10H2,1-2H3/b8-7+/t11-,12-/m1/s1. The number of halogens is 1. The maximum Gasteiger partial charge on any atom is 0.246 e. The molecule has 102 valence electrons. The van der Waals surface area contributed by atoms with Crippen LogP contribution in [0.1, 0.15) is 19.4 Å². The first-order valence-electron chi connectivity index (χ1n) is 6.43. The van der Waals surface area contributed by atoms with Gasteiger partial charge in [0.2, 0.25) is 5.91 Å². The number of amides is 1. The second-order valence-electron chi connectivity index (χ2n) is 4.86. The van der Waals surface area contributed by atoms with Crippen molar-refractivity contribution in [2.45, 2.75) is 26.1 Å². The van der Waals surface area contributed by atoms with Crippen LogP contribution in [0.3, 0.4) is 0 Å². The fraction of sp³-hybridized carbons (Fsp3) is 0.400. The maximum absolute atomic E-state index is 12.1. The number of nitrogens with zero attached hydrogens (tertiary/aromatic N) is 1. The molecule has 0 aromatic heterocycles. The van der Waals surface area contributed by atoms with E-state index >= 15 is 0 Å². The molecule has 19 heavy (non-hydrogen) atoms. The summed E-state index contributed by atoms with van der Waals surface area (Å²) in [6.07, 6.45) is 3.50. The molecule has 0 bridgehead atoms. The Kier molecular flexibility index (Phi) is 4.61. The molecular formula is C15H18ClNO2. The van der Waals surface area contributed by atoms with E-state index in [2.05, 4.69) is 0 Å². The molecule has 1 saturated heterocycles. The predicted octanol–water partition coefficient (Wildman–Crippen LogP) is 2.99. The van der Waals surface area contributed by atoms with E-state index in [1.165, 1.54) is 0 Å². The second kappa shape index (κ2) is 6.22. The molecule has 3 nitrogen and oxygen atoms in total. The van der Waals surface area contributed by atoms with E-state index in [9.17, 15) is 4.79 Å². The zero-order valence-corrected chi connectivity index (χ0v) is 11.9. The van der Waals surface area contributed by atoms with Crippen molar-refractivity contribution < 1.29 is 9.53 Å². The lowest BCUT2D eigenvalue weighted by Gasteiger charge is -2.34. The van der Waals surface area contributed by atoms with Gasteiger partial charge in [-0.25, -0.2) is 0 Å². The van der Waals surface area contributed by atoms with Crippen molar-refractivity contribution in [3.63, 3.8) is 0 Å². The van der Waals surface area contributed by atoms with Crippen molar-refractivity contribution >= 4 is 23.6 Å². The summed E-state index contributed by atoms with van der Waals surface area (Å²) in [5.41, 5.74) is 0.854. The van der Waals surface area contributed by atoms with Crippen LogP contribution < -0.4 is 0 Å². The van der Waals surface area contributed by atoms with Crippen molar-refractivity contribution in [2.75, 3.05) is 13.1 Å². The van der Waals surface area contributed by atoms with Crippen LogP contribution in [0.4, 0.5) is 0 Å². The lowest BCUT2D eigenvalue weighted by Crippen LogP contribution is -2.47. The first-order valence-corrected chi connectivity index (χ1v) is 6.81. The lowest BCUT2D eigenvalue weighted by atomic mass is 10.2. The summed E-state index contributed by atoms with van der Waals surface area (Å²) in [6.45, 7) is 5.23. The van der Waals surface area contributed by atoms with Crippen molar-refractivity contribution in [2.24, 2.45) is 0 Å². The molecule has 0 radical (unpaired) electrons. The van der Waals surface area contributed by atoms with Crippen LogP contribution in [0.5, 0.6) is 0 Å². The van der Waals surface area contributed by atoms with Gasteiger partial charge in [0.15, 0.2) is 0 Å². The normalized spacial score (nSPS) is 23.8. The minimum absolute atomic E-state index is 0.00178. The Hall–Kier alpha value is -1.32. The first-order chi connectivity index (χ1) is 9.06. The van der Waals surface area contributed by atoms with Crippen molar-refractivity contribution in [3.05, 3.63) is 40.9 Å². The van der Waals surface area contributed by atoms with Crippen molar-refractivity contribution in [3.8, 4) is 0 Å². The first kappa shape index (κ1) is 14.1. The zero-order chi connectivity index (χ0) is 13.8. The maximum atomic E-state index is 12.1. The molecule has 0 spiro atoms. The van der Waals surface area contributed by atoms with Gasteiger partial charge in [-0.3, -0.25) is 4.79 Å². The summed E-state index contributed by atoms with van der Waals surface area (Å²) in [5, 5.41) is 0.648. The molecule has 0 saturated carbocycles. The Morgan fingerprint density at radius 2 is 1.95 bits per heavy atom. The largest absolute Gasteiger partial charge is 0.372 e. The second-order valence-corrected chi connectivity index (χ2v) is 5.26. The number of rotatable bonds is 2. The minimum atomic E-state index is 0.00178. The van der Waals surface area contributed by atoms with Gasteiger partial charge in [-0.05, 0) is 31.6 Å². The number of benzene rings is 1. The molecule has 1 aromatic rings. The topological polar surface area (TPSA) is 29.5 Å². The number of hydrogen-bond acceptors (Lipinski definition) is 2. The molecule has 2 rings (SSSR count). The fourth-order valence-corrected chi connectivity index (χ4v) is 2.43. The Morgan fingerprint density at radius 1 is 1.32 bits per heavy atom. The highest BCUT2D eigenvalue weighted by atomic mass is 35.5. The molecule has 4 heteroatoms. The van der Waals surface area contributed by atoms with Crippen LogP contribution in [0.15, 0.2) is 30.3 Å². The molecule has 1 aromatic carbocycles.